The second-order valence-electron chi connectivity index (χ2n) is 8.21. The molecule has 2 aromatic carbocycles. The van der Waals surface area contributed by atoms with Gasteiger partial charge in [0, 0.05) is 31.3 Å². The number of para-hydroxylation sites is 1. The van der Waals surface area contributed by atoms with Crippen molar-refractivity contribution in [3.63, 3.8) is 0 Å². The molecule has 2 heterocycles. The van der Waals surface area contributed by atoms with E-state index in [-0.39, 0.29) is 24.3 Å². The van der Waals surface area contributed by atoms with Gasteiger partial charge < -0.3 is 15.1 Å². The van der Waals surface area contributed by atoms with E-state index >= 15 is 0 Å². The molecule has 1 aliphatic rings. The lowest BCUT2D eigenvalue weighted by Crippen LogP contribution is -2.43. The van der Waals surface area contributed by atoms with Crippen LogP contribution in [0.15, 0.2) is 72.9 Å². The van der Waals surface area contributed by atoms with Crippen LogP contribution in [0.1, 0.15) is 36.1 Å². The number of carbonyl (C=O) groups excluding carboxylic acids is 1. The van der Waals surface area contributed by atoms with Crippen molar-refractivity contribution in [2.24, 2.45) is 5.92 Å². The number of benzene rings is 2. The van der Waals surface area contributed by atoms with Crippen LogP contribution in [-0.4, -0.2) is 44.8 Å². The van der Waals surface area contributed by atoms with Gasteiger partial charge in [0.15, 0.2) is 5.60 Å². The first-order valence-electron chi connectivity index (χ1n) is 10.8. The van der Waals surface area contributed by atoms with Gasteiger partial charge in [0.05, 0.1) is 23.9 Å². The molecule has 0 radical (unpaired) electrons. The van der Waals surface area contributed by atoms with Crippen molar-refractivity contribution in [1.29, 1.82) is 0 Å². The maximum atomic E-state index is 12.8. The third-order valence-electron chi connectivity index (χ3n) is 6.21. The lowest BCUT2D eigenvalue weighted by molar-refractivity contribution is -0.139. The Balaban J connectivity index is 1.40. The van der Waals surface area contributed by atoms with Gasteiger partial charge in [-0.05, 0) is 18.1 Å². The van der Waals surface area contributed by atoms with Crippen LogP contribution in [-0.2, 0) is 16.9 Å². The molecule has 3 atom stereocenters. The summed E-state index contributed by atoms with van der Waals surface area (Å²) in [4.78, 5) is 14.3. The van der Waals surface area contributed by atoms with Crippen LogP contribution >= 0.6 is 0 Å². The lowest BCUT2D eigenvalue weighted by Gasteiger charge is -2.26. The Morgan fingerprint density at radius 1 is 1.12 bits per heavy atom. The van der Waals surface area contributed by atoms with Gasteiger partial charge in [-0.3, -0.25) is 9.48 Å². The average molecular weight is 433 g/mol. The minimum Gasteiger partial charge on any atom is -0.395 e. The first-order chi connectivity index (χ1) is 15.5. The number of carbonyl (C=O) groups is 1. The molecule has 0 saturated heterocycles. The van der Waals surface area contributed by atoms with Crippen molar-refractivity contribution >= 4 is 11.6 Å². The number of aryl methyl sites for hydroxylation is 1. The van der Waals surface area contributed by atoms with E-state index in [1.165, 1.54) is 4.90 Å². The number of likely N-dealkylation sites (N-methyl/N-ethyl adjacent to an activating group) is 1. The van der Waals surface area contributed by atoms with Gasteiger partial charge in [0.25, 0.3) is 5.91 Å². The van der Waals surface area contributed by atoms with E-state index in [0.717, 1.165) is 16.9 Å². The summed E-state index contributed by atoms with van der Waals surface area (Å²) in [6, 6.07) is 17.1. The molecule has 1 amide bonds. The summed E-state index contributed by atoms with van der Waals surface area (Å²) in [5.74, 6) is -0.905. The number of aliphatic hydroxyl groups excluding tert-OH is 1. The van der Waals surface area contributed by atoms with E-state index in [1.54, 1.807) is 11.7 Å². The zero-order chi connectivity index (χ0) is 22.7. The number of hydrogen-bond acceptors (Lipinski definition) is 5. The van der Waals surface area contributed by atoms with Crippen molar-refractivity contribution in [1.82, 2.24) is 15.0 Å². The predicted octanol–water partition coefficient (Wildman–Crippen LogP) is 2.85. The fraction of sp³-hybridized carbons (Fsp3) is 0.320. The normalized spacial score (nSPS) is 20.0. The highest BCUT2D eigenvalue weighted by Crippen LogP contribution is 2.44. The highest BCUT2D eigenvalue weighted by Gasteiger charge is 2.51. The Labute approximate surface area is 187 Å². The Hall–Kier alpha value is -3.29. The van der Waals surface area contributed by atoms with E-state index in [0.29, 0.717) is 18.5 Å². The fourth-order valence-corrected chi connectivity index (χ4v) is 4.29. The lowest BCUT2D eigenvalue weighted by atomic mass is 9.83. The molecule has 0 fully saturated rings. The van der Waals surface area contributed by atoms with Gasteiger partial charge in [0.1, 0.15) is 0 Å². The minimum atomic E-state index is -1.56. The summed E-state index contributed by atoms with van der Waals surface area (Å²) >= 11 is 0. The Bertz CT molecular complexity index is 1110. The summed E-state index contributed by atoms with van der Waals surface area (Å²) in [7, 11) is 1.69. The van der Waals surface area contributed by atoms with Gasteiger partial charge in [-0.1, -0.05) is 72.8 Å². The second-order valence-corrected chi connectivity index (χ2v) is 8.21. The Morgan fingerprint density at radius 2 is 1.84 bits per heavy atom. The SMILES string of the molecule is C[C@H](/C=C/CCn1cc(C(CO)c2ccccc2)nn1)[C@@]1(O)C(=O)N(C)c2ccccc21. The van der Waals surface area contributed by atoms with Gasteiger partial charge >= 0.3 is 0 Å². The summed E-state index contributed by atoms with van der Waals surface area (Å²) in [6.07, 6.45) is 6.36. The zero-order valence-corrected chi connectivity index (χ0v) is 18.3. The molecule has 166 valence electrons. The maximum absolute atomic E-state index is 12.8. The molecular weight excluding hydrogens is 404 g/mol. The monoisotopic (exact) mass is 432 g/mol. The predicted molar refractivity (Wildman–Crippen MR) is 122 cm³/mol. The number of rotatable bonds is 8. The number of allylic oxidation sites excluding steroid dienone is 1. The van der Waals surface area contributed by atoms with E-state index < -0.39 is 5.60 Å². The molecule has 7 heteroatoms. The molecule has 32 heavy (non-hydrogen) atoms. The summed E-state index contributed by atoms with van der Waals surface area (Å²) in [6.45, 7) is 2.41. The van der Waals surface area contributed by atoms with Crippen LogP contribution in [0.4, 0.5) is 5.69 Å². The molecule has 4 rings (SSSR count). The van der Waals surface area contributed by atoms with Crippen molar-refractivity contribution in [2.75, 3.05) is 18.6 Å². The van der Waals surface area contributed by atoms with Crippen molar-refractivity contribution in [2.45, 2.75) is 31.4 Å². The number of aromatic nitrogens is 3. The van der Waals surface area contributed by atoms with Gasteiger partial charge in [0.2, 0.25) is 0 Å². The molecule has 3 aromatic rings. The summed E-state index contributed by atoms with van der Waals surface area (Å²) in [5.41, 5.74) is 1.54. The minimum absolute atomic E-state index is 0.0390. The first-order valence-corrected chi connectivity index (χ1v) is 10.8. The fourth-order valence-electron chi connectivity index (χ4n) is 4.29. The first kappa shape index (κ1) is 21.9. The molecule has 7 nitrogen and oxygen atoms in total. The van der Waals surface area contributed by atoms with Crippen LogP contribution in [0.2, 0.25) is 0 Å². The number of anilines is 1. The molecule has 2 N–H and O–H groups in total. The summed E-state index contributed by atoms with van der Waals surface area (Å²) < 4.78 is 1.74. The molecule has 0 bridgehead atoms. The summed E-state index contributed by atoms with van der Waals surface area (Å²) in [5, 5.41) is 29.5. The highest BCUT2D eigenvalue weighted by molar-refractivity contribution is 6.06. The molecular formula is C25H28N4O3. The highest BCUT2D eigenvalue weighted by atomic mass is 16.3. The topological polar surface area (TPSA) is 91.5 Å². The van der Waals surface area contributed by atoms with Crippen LogP contribution < -0.4 is 4.90 Å². The molecule has 0 aliphatic carbocycles. The Kier molecular flexibility index (Phi) is 6.21. The number of nitrogens with zero attached hydrogens (tertiary/aromatic N) is 4. The van der Waals surface area contributed by atoms with Gasteiger partial charge in [-0.25, -0.2) is 0 Å². The van der Waals surface area contributed by atoms with E-state index in [4.69, 9.17) is 0 Å². The molecule has 0 saturated carbocycles. The molecule has 0 spiro atoms. The zero-order valence-electron chi connectivity index (χ0n) is 18.3. The van der Waals surface area contributed by atoms with Gasteiger partial charge in [-0.2, -0.15) is 0 Å². The third-order valence-corrected chi connectivity index (χ3v) is 6.21. The Morgan fingerprint density at radius 3 is 2.59 bits per heavy atom. The number of aliphatic hydroxyl groups is 2. The third kappa shape index (κ3) is 3.85. The van der Waals surface area contributed by atoms with Gasteiger partial charge in [-0.15, -0.1) is 5.10 Å². The number of fused-ring (bicyclic) bond motifs is 1. The smallest absolute Gasteiger partial charge is 0.264 e. The van der Waals surface area contributed by atoms with Crippen molar-refractivity contribution in [3.05, 3.63) is 89.8 Å². The molecule has 1 aromatic heterocycles. The maximum Gasteiger partial charge on any atom is 0.264 e. The van der Waals surface area contributed by atoms with Crippen LogP contribution in [0.5, 0.6) is 0 Å². The number of amides is 1. The largest absolute Gasteiger partial charge is 0.395 e. The van der Waals surface area contributed by atoms with Crippen LogP contribution in [0.25, 0.3) is 0 Å². The van der Waals surface area contributed by atoms with Crippen LogP contribution in [0, 0.1) is 5.92 Å². The van der Waals surface area contributed by atoms with Crippen molar-refractivity contribution < 1.29 is 15.0 Å². The van der Waals surface area contributed by atoms with Crippen molar-refractivity contribution in [3.8, 4) is 0 Å². The quantitative estimate of drug-likeness (QED) is 0.534. The van der Waals surface area contributed by atoms with E-state index in [1.807, 2.05) is 79.9 Å². The van der Waals surface area contributed by atoms with E-state index in [2.05, 4.69) is 10.3 Å². The van der Waals surface area contributed by atoms with Crippen LogP contribution in [0.3, 0.4) is 0 Å². The average Bonchev–Trinajstić information content (AvgIpc) is 3.36. The molecule has 1 aliphatic heterocycles. The number of hydrogen-bond donors (Lipinski definition) is 2. The van der Waals surface area contributed by atoms with E-state index in [9.17, 15) is 15.0 Å². The second kappa shape index (κ2) is 9.06. The molecule has 1 unspecified atom stereocenters. The standard InChI is InChI=1S/C25H28N4O3/c1-18(25(32)21-13-6-7-14-23(21)28(2)24(25)31)10-8-9-15-29-16-22(26-27-29)20(17-30)19-11-4-3-5-12-19/h3-8,10-14,16,18,20,30,32H,9,15,17H2,1-2H3/b10-8+/t18-,20?,25+/m1/s1.